The highest BCUT2D eigenvalue weighted by Crippen LogP contribution is 2.20. The van der Waals surface area contributed by atoms with E-state index in [1.54, 1.807) is 30.0 Å². The number of carbonyl (C=O) groups is 1. The second-order valence-corrected chi connectivity index (χ2v) is 4.60. The zero-order valence-corrected chi connectivity index (χ0v) is 12.1. The lowest BCUT2D eigenvalue weighted by Crippen LogP contribution is -1.96. The van der Waals surface area contributed by atoms with Crippen LogP contribution in [0.5, 0.6) is 5.75 Å². The van der Waals surface area contributed by atoms with Gasteiger partial charge in [0.15, 0.2) is 6.29 Å². The van der Waals surface area contributed by atoms with Crippen molar-refractivity contribution in [2.75, 3.05) is 6.26 Å². The number of carbonyl (C=O) groups excluding carboxylic acids is 1. The minimum absolute atomic E-state index is 0.555. The molecule has 1 aromatic rings. The maximum Gasteiger partial charge on any atom is 0.153 e. The Morgan fingerprint density at radius 3 is 2.68 bits per heavy atom. The Balaban J connectivity index is 2.93. The molecule has 19 heavy (non-hydrogen) atoms. The minimum atomic E-state index is 0.555. The number of thioether (sulfide) groups is 1. The van der Waals surface area contributed by atoms with Crippen LogP contribution in [0.15, 0.2) is 59.7 Å². The zero-order valence-electron chi connectivity index (χ0n) is 11.3. The highest BCUT2D eigenvalue weighted by atomic mass is 32.2. The number of rotatable bonds is 7. The predicted molar refractivity (Wildman–Crippen MR) is 82.6 cm³/mol. The first kappa shape index (κ1) is 15.3. The highest BCUT2D eigenvalue weighted by Gasteiger charge is 2.03. The van der Waals surface area contributed by atoms with E-state index >= 15 is 0 Å². The zero-order chi connectivity index (χ0) is 14.1. The Labute approximate surface area is 118 Å². The number of para-hydroxylation sites is 1. The standard InChI is InChI=1S/C16H18O2S/c1-4-14(10-11-15(5-2)19-3)18-16-9-7-6-8-13(16)12-17/h5-12H,2,4H2,1,3H3/b14-10+,15-11+. The molecule has 3 heteroatoms. The molecule has 0 atom stereocenters. The Bertz CT molecular complexity index is 501. The molecule has 100 valence electrons. The molecule has 0 bridgehead atoms. The number of benzene rings is 1. The molecule has 1 rings (SSSR count). The summed E-state index contributed by atoms with van der Waals surface area (Å²) >= 11 is 1.62. The lowest BCUT2D eigenvalue weighted by atomic mass is 10.2. The van der Waals surface area contributed by atoms with Gasteiger partial charge in [-0.3, -0.25) is 4.79 Å². The summed E-state index contributed by atoms with van der Waals surface area (Å²) in [5, 5.41) is 0. The summed E-state index contributed by atoms with van der Waals surface area (Å²) in [5.41, 5.74) is 0.555. The third kappa shape index (κ3) is 4.79. The van der Waals surface area contributed by atoms with E-state index in [1.165, 1.54) is 0 Å². The molecule has 0 radical (unpaired) electrons. The van der Waals surface area contributed by atoms with Crippen molar-refractivity contribution in [3.63, 3.8) is 0 Å². The fraction of sp³-hybridized carbons (Fsp3) is 0.188. The minimum Gasteiger partial charge on any atom is -0.461 e. The topological polar surface area (TPSA) is 26.3 Å². The maximum absolute atomic E-state index is 10.9. The first-order valence-electron chi connectivity index (χ1n) is 6.04. The van der Waals surface area contributed by atoms with E-state index in [0.717, 1.165) is 23.4 Å². The molecule has 1 aromatic carbocycles. The molecule has 0 N–H and O–H groups in total. The van der Waals surface area contributed by atoms with Gasteiger partial charge in [0.25, 0.3) is 0 Å². The molecule has 0 aliphatic carbocycles. The molecule has 0 amide bonds. The van der Waals surface area contributed by atoms with Gasteiger partial charge in [0, 0.05) is 11.3 Å². The molecule has 0 aromatic heterocycles. The predicted octanol–water partition coefficient (Wildman–Crippen LogP) is 4.60. The van der Waals surface area contributed by atoms with Crippen molar-refractivity contribution in [1.82, 2.24) is 0 Å². The molecule has 0 unspecified atom stereocenters. The first-order valence-corrected chi connectivity index (χ1v) is 7.27. The van der Waals surface area contributed by atoms with Crippen LogP contribution in [0, 0.1) is 0 Å². The number of hydrogen-bond donors (Lipinski definition) is 0. The molecule has 2 nitrogen and oxygen atoms in total. The van der Waals surface area contributed by atoms with Gasteiger partial charge < -0.3 is 4.74 Å². The van der Waals surface area contributed by atoms with Gasteiger partial charge in [-0.05, 0) is 30.5 Å². The van der Waals surface area contributed by atoms with Crippen molar-refractivity contribution in [3.8, 4) is 5.75 Å². The third-order valence-corrected chi connectivity index (χ3v) is 3.28. The largest absolute Gasteiger partial charge is 0.461 e. The van der Waals surface area contributed by atoms with Crippen LogP contribution in [-0.4, -0.2) is 12.5 Å². The quantitative estimate of drug-likeness (QED) is 0.413. The van der Waals surface area contributed by atoms with Gasteiger partial charge in [-0.15, -0.1) is 11.8 Å². The van der Waals surface area contributed by atoms with Gasteiger partial charge in [0.1, 0.15) is 11.5 Å². The Hall–Kier alpha value is -1.74. The van der Waals surface area contributed by atoms with E-state index in [-0.39, 0.29) is 0 Å². The van der Waals surface area contributed by atoms with E-state index < -0.39 is 0 Å². The van der Waals surface area contributed by atoms with Gasteiger partial charge in [0.2, 0.25) is 0 Å². The van der Waals surface area contributed by atoms with E-state index in [4.69, 9.17) is 4.74 Å². The lowest BCUT2D eigenvalue weighted by Gasteiger charge is -2.09. The average molecular weight is 274 g/mol. The van der Waals surface area contributed by atoms with Crippen LogP contribution in [0.4, 0.5) is 0 Å². The van der Waals surface area contributed by atoms with E-state index in [9.17, 15) is 4.79 Å². The maximum atomic E-state index is 10.9. The fourth-order valence-electron chi connectivity index (χ4n) is 1.43. The van der Waals surface area contributed by atoms with Crippen LogP contribution in [0.2, 0.25) is 0 Å². The molecule has 0 saturated carbocycles. The van der Waals surface area contributed by atoms with Gasteiger partial charge in [-0.25, -0.2) is 0 Å². The van der Waals surface area contributed by atoms with Crippen LogP contribution in [0.3, 0.4) is 0 Å². The molecule has 0 fully saturated rings. The summed E-state index contributed by atoms with van der Waals surface area (Å²) in [6.45, 7) is 5.75. The van der Waals surface area contributed by atoms with Crippen LogP contribution >= 0.6 is 11.8 Å². The van der Waals surface area contributed by atoms with E-state index in [0.29, 0.717) is 11.3 Å². The average Bonchev–Trinajstić information content (AvgIpc) is 2.47. The summed E-state index contributed by atoms with van der Waals surface area (Å²) < 4.78 is 5.77. The highest BCUT2D eigenvalue weighted by molar-refractivity contribution is 8.02. The molecule has 0 aliphatic rings. The van der Waals surface area contributed by atoms with Crippen LogP contribution in [0.25, 0.3) is 0 Å². The van der Waals surface area contributed by atoms with Crippen molar-refractivity contribution in [2.24, 2.45) is 0 Å². The van der Waals surface area contributed by atoms with Crippen molar-refractivity contribution in [1.29, 1.82) is 0 Å². The number of ether oxygens (including phenoxy) is 1. The Kier molecular flexibility index (Phi) is 6.75. The monoisotopic (exact) mass is 274 g/mol. The van der Waals surface area contributed by atoms with E-state index in [2.05, 4.69) is 6.58 Å². The Morgan fingerprint density at radius 1 is 1.37 bits per heavy atom. The molecular weight excluding hydrogens is 256 g/mol. The fourth-order valence-corrected chi connectivity index (χ4v) is 1.80. The van der Waals surface area contributed by atoms with Gasteiger partial charge in [-0.2, -0.15) is 0 Å². The SMILES string of the molecule is C=C/C(=C\C=C(/CC)Oc1ccccc1C=O)SC. The number of hydrogen-bond acceptors (Lipinski definition) is 3. The summed E-state index contributed by atoms with van der Waals surface area (Å²) in [5.74, 6) is 1.39. The summed E-state index contributed by atoms with van der Waals surface area (Å²) in [6.07, 6.45) is 9.22. The van der Waals surface area contributed by atoms with Gasteiger partial charge >= 0.3 is 0 Å². The van der Waals surface area contributed by atoms with Crippen LogP contribution < -0.4 is 4.74 Å². The smallest absolute Gasteiger partial charge is 0.153 e. The lowest BCUT2D eigenvalue weighted by molar-refractivity contribution is 0.112. The summed E-state index contributed by atoms with van der Waals surface area (Å²) in [7, 11) is 0. The number of aldehydes is 1. The number of allylic oxidation sites excluding steroid dienone is 4. The summed E-state index contributed by atoms with van der Waals surface area (Å²) in [4.78, 5) is 12.0. The first-order chi connectivity index (χ1) is 9.24. The van der Waals surface area contributed by atoms with Crippen molar-refractivity contribution < 1.29 is 9.53 Å². The normalized spacial score (nSPS) is 12.1. The third-order valence-electron chi connectivity index (χ3n) is 2.51. The van der Waals surface area contributed by atoms with Gasteiger partial charge in [-0.1, -0.05) is 31.7 Å². The molecular formula is C16H18O2S. The van der Waals surface area contributed by atoms with Gasteiger partial charge in [0.05, 0.1) is 5.56 Å². The van der Waals surface area contributed by atoms with E-state index in [1.807, 2.05) is 37.5 Å². The van der Waals surface area contributed by atoms with Crippen molar-refractivity contribution >= 4 is 18.0 Å². The van der Waals surface area contributed by atoms with Crippen LogP contribution in [-0.2, 0) is 0 Å². The van der Waals surface area contributed by atoms with Crippen molar-refractivity contribution in [2.45, 2.75) is 13.3 Å². The molecule has 0 heterocycles. The second-order valence-electron chi connectivity index (χ2n) is 3.72. The summed E-state index contributed by atoms with van der Waals surface area (Å²) in [6, 6.07) is 7.19. The molecule has 0 saturated heterocycles. The Morgan fingerprint density at radius 2 is 2.11 bits per heavy atom. The second kappa shape index (κ2) is 8.38. The van der Waals surface area contributed by atoms with Crippen molar-refractivity contribution in [3.05, 3.63) is 65.3 Å². The molecule has 0 spiro atoms. The van der Waals surface area contributed by atoms with Crippen LogP contribution in [0.1, 0.15) is 23.7 Å². The molecule has 0 aliphatic heterocycles.